The van der Waals surface area contributed by atoms with Crippen molar-refractivity contribution in [2.75, 3.05) is 39.5 Å². The van der Waals surface area contributed by atoms with E-state index in [-0.39, 0.29) is 23.6 Å². The Balaban J connectivity index is 1.48. The van der Waals surface area contributed by atoms with Gasteiger partial charge in [-0.15, -0.1) is 0 Å². The number of nitrogens with one attached hydrogen (secondary N) is 1. The summed E-state index contributed by atoms with van der Waals surface area (Å²) in [5.74, 6) is 0.215. The summed E-state index contributed by atoms with van der Waals surface area (Å²) < 4.78 is 19.4. The molecule has 3 N–H and O–H groups in total. The number of carbonyl (C=O) groups excluding carboxylic acids is 2. The van der Waals surface area contributed by atoms with E-state index in [2.05, 4.69) is 20.3 Å². The summed E-state index contributed by atoms with van der Waals surface area (Å²) in [6.07, 6.45) is 6.55. The first-order valence-corrected chi connectivity index (χ1v) is 13.1. The van der Waals surface area contributed by atoms with Crippen molar-refractivity contribution in [1.82, 2.24) is 25.0 Å². The van der Waals surface area contributed by atoms with Gasteiger partial charge in [-0.2, -0.15) is 5.10 Å². The number of aromatic nitrogens is 3. The predicted octanol–water partition coefficient (Wildman–Crippen LogP) is 1.97. The summed E-state index contributed by atoms with van der Waals surface area (Å²) >= 11 is 0. The van der Waals surface area contributed by atoms with Crippen molar-refractivity contribution in [3.05, 3.63) is 36.3 Å². The molecule has 38 heavy (non-hydrogen) atoms. The maximum absolute atomic E-state index is 12.4. The van der Waals surface area contributed by atoms with Crippen molar-refractivity contribution < 1.29 is 23.8 Å². The summed E-state index contributed by atoms with van der Waals surface area (Å²) in [6.45, 7) is 9.06. The van der Waals surface area contributed by atoms with Gasteiger partial charge in [-0.05, 0) is 37.8 Å². The summed E-state index contributed by atoms with van der Waals surface area (Å²) in [7, 11) is 0. The second kappa shape index (κ2) is 11.4. The zero-order valence-electron chi connectivity index (χ0n) is 21.8. The maximum Gasteiger partial charge on any atom is 0.252 e. The van der Waals surface area contributed by atoms with Gasteiger partial charge in [0.05, 0.1) is 43.7 Å². The second-order valence-electron chi connectivity index (χ2n) is 9.96. The number of nitrogens with zero attached hydrogens (tertiary/aromatic N) is 4. The lowest BCUT2D eigenvalue weighted by atomic mass is 9.99. The van der Waals surface area contributed by atoms with Crippen LogP contribution in [0, 0.1) is 0 Å². The standard InChI is InChI=1S/C27H34N6O5/c1-17(2)38-24-12-21-20(11-22(24)26(28)35)23(14-29-27(21)37-16-19-3-4-25(34)31-19)18-13-30-33(15-18)6-5-32-7-9-36-10-8-32/h11-15,17,19H,3-10,16H2,1-2H3,(H2,28,35)(H,31,34). The Kier molecular flexibility index (Phi) is 7.75. The minimum absolute atomic E-state index is 0.0242. The van der Waals surface area contributed by atoms with Crippen LogP contribution in [0.1, 0.15) is 37.0 Å². The van der Waals surface area contributed by atoms with Crippen LogP contribution >= 0.6 is 0 Å². The SMILES string of the molecule is CC(C)Oc1cc2c(OCC3CCC(=O)N3)ncc(-c3cnn(CCN4CCOCC4)c3)c2cc1C(N)=O. The number of ether oxygens (including phenoxy) is 3. The molecular formula is C27H34N6O5. The number of pyridine rings is 1. The third kappa shape index (κ3) is 5.89. The van der Waals surface area contributed by atoms with Crippen LogP contribution in [0.25, 0.3) is 21.9 Å². The average Bonchev–Trinajstić information content (AvgIpc) is 3.54. The minimum Gasteiger partial charge on any atom is -0.490 e. The fourth-order valence-electron chi connectivity index (χ4n) is 4.81. The van der Waals surface area contributed by atoms with E-state index in [0.717, 1.165) is 55.9 Å². The lowest BCUT2D eigenvalue weighted by Gasteiger charge is -2.26. The number of morpholine rings is 1. The molecule has 0 spiro atoms. The number of benzene rings is 1. The third-order valence-electron chi connectivity index (χ3n) is 6.78. The largest absolute Gasteiger partial charge is 0.490 e. The Labute approximate surface area is 221 Å². The van der Waals surface area contributed by atoms with Crippen LogP contribution in [0.2, 0.25) is 0 Å². The third-order valence-corrected chi connectivity index (χ3v) is 6.78. The molecule has 2 amide bonds. The minimum atomic E-state index is -0.581. The molecule has 5 rings (SSSR count). The molecule has 2 aliphatic heterocycles. The highest BCUT2D eigenvalue weighted by atomic mass is 16.5. The van der Waals surface area contributed by atoms with Crippen LogP contribution in [0.4, 0.5) is 0 Å². The molecule has 1 atom stereocenters. The van der Waals surface area contributed by atoms with Crippen molar-refractivity contribution in [1.29, 1.82) is 0 Å². The van der Waals surface area contributed by atoms with Crippen LogP contribution < -0.4 is 20.5 Å². The number of amides is 2. The Bertz CT molecular complexity index is 1320. The molecular weight excluding hydrogens is 488 g/mol. The molecule has 11 heteroatoms. The van der Waals surface area contributed by atoms with Crippen molar-refractivity contribution >= 4 is 22.6 Å². The van der Waals surface area contributed by atoms with E-state index < -0.39 is 5.91 Å². The molecule has 0 aliphatic carbocycles. The summed E-state index contributed by atoms with van der Waals surface area (Å²) in [6, 6.07) is 3.43. The van der Waals surface area contributed by atoms with Crippen molar-refractivity contribution in [2.24, 2.45) is 5.73 Å². The number of hydrogen-bond donors (Lipinski definition) is 2. The van der Waals surface area contributed by atoms with Gasteiger partial charge < -0.3 is 25.3 Å². The van der Waals surface area contributed by atoms with E-state index in [1.807, 2.05) is 24.7 Å². The summed E-state index contributed by atoms with van der Waals surface area (Å²) in [5, 5.41) is 8.91. The molecule has 3 aromatic rings. The first-order valence-electron chi connectivity index (χ1n) is 13.1. The van der Waals surface area contributed by atoms with Gasteiger partial charge in [0.1, 0.15) is 12.4 Å². The topological polar surface area (TPSA) is 134 Å². The Morgan fingerprint density at radius 1 is 1.21 bits per heavy atom. The number of fused-ring (bicyclic) bond motifs is 1. The summed E-state index contributed by atoms with van der Waals surface area (Å²) in [5.41, 5.74) is 7.70. The van der Waals surface area contributed by atoms with E-state index in [0.29, 0.717) is 36.5 Å². The Morgan fingerprint density at radius 2 is 2.03 bits per heavy atom. The van der Waals surface area contributed by atoms with Gasteiger partial charge in [-0.3, -0.25) is 19.2 Å². The summed E-state index contributed by atoms with van der Waals surface area (Å²) in [4.78, 5) is 31.0. The van der Waals surface area contributed by atoms with Crippen molar-refractivity contribution in [2.45, 2.75) is 45.4 Å². The molecule has 2 fully saturated rings. The van der Waals surface area contributed by atoms with E-state index in [4.69, 9.17) is 19.9 Å². The maximum atomic E-state index is 12.4. The average molecular weight is 523 g/mol. The number of carbonyl (C=O) groups is 2. The van der Waals surface area contributed by atoms with Crippen LogP contribution in [0.3, 0.4) is 0 Å². The first-order chi connectivity index (χ1) is 18.4. The van der Waals surface area contributed by atoms with Crippen LogP contribution in [0.5, 0.6) is 11.6 Å². The highest BCUT2D eigenvalue weighted by molar-refractivity contribution is 6.06. The van der Waals surface area contributed by atoms with Gasteiger partial charge in [0.2, 0.25) is 11.8 Å². The molecule has 2 saturated heterocycles. The molecule has 1 aromatic carbocycles. The highest BCUT2D eigenvalue weighted by Gasteiger charge is 2.23. The van der Waals surface area contributed by atoms with Crippen LogP contribution in [-0.4, -0.2) is 83.1 Å². The molecule has 0 bridgehead atoms. The first kappa shape index (κ1) is 25.9. The van der Waals surface area contributed by atoms with Gasteiger partial charge in [0, 0.05) is 55.0 Å². The van der Waals surface area contributed by atoms with Crippen LogP contribution in [-0.2, 0) is 16.1 Å². The number of hydrogen-bond acceptors (Lipinski definition) is 8. The Morgan fingerprint density at radius 3 is 2.74 bits per heavy atom. The second-order valence-corrected chi connectivity index (χ2v) is 9.96. The molecule has 1 unspecified atom stereocenters. The molecule has 4 heterocycles. The number of rotatable bonds is 10. The molecule has 11 nitrogen and oxygen atoms in total. The number of primary amides is 1. The van der Waals surface area contributed by atoms with E-state index >= 15 is 0 Å². The van der Waals surface area contributed by atoms with Crippen molar-refractivity contribution in [3.63, 3.8) is 0 Å². The fourth-order valence-corrected chi connectivity index (χ4v) is 4.81. The lowest BCUT2D eigenvalue weighted by Crippen LogP contribution is -2.38. The van der Waals surface area contributed by atoms with Gasteiger partial charge in [0.25, 0.3) is 5.91 Å². The molecule has 2 aliphatic rings. The predicted molar refractivity (Wildman–Crippen MR) is 141 cm³/mol. The van der Waals surface area contributed by atoms with E-state index in [1.54, 1.807) is 24.5 Å². The van der Waals surface area contributed by atoms with Gasteiger partial charge >= 0.3 is 0 Å². The molecule has 2 aromatic heterocycles. The molecule has 0 radical (unpaired) electrons. The monoisotopic (exact) mass is 522 g/mol. The zero-order valence-corrected chi connectivity index (χ0v) is 21.8. The smallest absolute Gasteiger partial charge is 0.252 e. The van der Waals surface area contributed by atoms with Gasteiger partial charge in [0.15, 0.2) is 0 Å². The molecule has 0 saturated carbocycles. The quantitative estimate of drug-likeness (QED) is 0.413. The number of nitrogens with two attached hydrogens (primary N) is 1. The highest BCUT2D eigenvalue weighted by Crippen LogP contribution is 2.37. The van der Waals surface area contributed by atoms with E-state index in [9.17, 15) is 9.59 Å². The zero-order chi connectivity index (χ0) is 26.6. The van der Waals surface area contributed by atoms with Gasteiger partial charge in [-0.25, -0.2) is 4.98 Å². The van der Waals surface area contributed by atoms with Crippen molar-refractivity contribution in [3.8, 4) is 22.8 Å². The Hall–Kier alpha value is -3.70. The lowest BCUT2D eigenvalue weighted by molar-refractivity contribution is -0.119. The normalized spacial score (nSPS) is 18.2. The fraction of sp³-hybridized carbons (Fsp3) is 0.481. The van der Waals surface area contributed by atoms with Gasteiger partial charge in [-0.1, -0.05) is 0 Å². The van der Waals surface area contributed by atoms with Crippen LogP contribution in [0.15, 0.2) is 30.7 Å². The molecule has 202 valence electrons. The van der Waals surface area contributed by atoms with E-state index in [1.165, 1.54) is 0 Å².